The first kappa shape index (κ1) is 13.4. The summed E-state index contributed by atoms with van der Waals surface area (Å²) >= 11 is 0. The highest BCUT2D eigenvalue weighted by Crippen LogP contribution is 2.23. The fraction of sp³-hybridized carbons (Fsp3) is 0.600. The zero-order valence-corrected chi connectivity index (χ0v) is 11.4. The van der Waals surface area contributed by atoms with Gasteiger partial charge in [0, 0.05) is 18.6 Å². The maximum absolute atomic E-state index is 9.53. The summed E-state index contributed by atoms with van der Waals surface area (Å²) in [5, 5.41) is 12.9. The van der Waals surface area contributed by atoms with Crippen LogP contribution >= 0.6 is 0 Å². The molecule has 0 aliphatic carbocycles. The van der Waals surface area contributed by atoms with E-state index in [2.05, 4.69) is 23.2 Å². The van der Waals surface area contributed by atoms with Gasteiger partial charge in [-0.1, -0.05) is 18.6 Å². The maximum Gasteiger partial charge on any atom is 0.115 e. The summed E-state index contributed by atoms with van der Waals surface area (Å²) in [6.45, 7) is 4.35. The third-order valence-corrected chi connectivity index (χ3v) is 3.99. The lowest BCUT2D eigenvalue weighted by Crippen LogP contribution is -2.49. The summed E-state index contributed by atoms with van der Waals surface area (Å²) in [4.78, 5) is 2.54. The Morgan fingerprint density at radius 2 is 2.28 bits per heavy atom. The number of likely N-dealkylation sites (tertiary alicyclic amines) is 1. The zero-order chi connectivity index (χ0) is 13.0. The Kier molecular flexibility index (Phi) is 4.61. The molecule has 0 saturated carbocycles. The summed E-state index contributed by atoms with van der Waals surface area (Å²) in [5.74, 6) is 0.364. The number of benzene rings is 1. The average molecular weight is 248 g/mol. The number of nitrogens with one attached hydrogen (secondary N) is 1. The molecule has 1 aliphatic heterocycles. The molecule has 1 saturated heterocycles. The van der Waals surface area contributed by atoms with Gasteiger partial charge in [-0.05, 0) is 51.1 Å². The molecule has 2 rings (SSSR count). The molecule has 1 heterocycles. The second kappa shape index (κ2) is 6.21. The standard InChI is InChI=1S/C15H24N2O/c1-12(16-2)15-8-3-4-9-17(15)11-13-6-5-7-14(18)10-13/h5-7,10,12,15-16,18H,3-4,8-9,11H2,1-2H3. The van der Waals surface area contributed by atoms with E-state index in [1.807, 2.05) is 19.2 Å². The van der Waals surface area contributed by atoms with E-state index in [-0.39, 0.29) is 0 Å². The lowest BCUT2D eigenvalue weighted by atomic mass is 9.96. The van der Waals surface area contributed by atoms with Crippen LogP contribution in [0, 0.1) is 0 Å². The van der Waals surface area contributed by atoms with E-state index in [1.54, 1.807) is 6.07 Å². The SMILES string of the molecule is CNC(C)C1CCCCN1Cc1cccc(O)c1. The van der Waals surface area contributed by atoms with Gasteiger partial charge in [0.1, 0.15) is 5.75 Å². The van der Waals surface area contributed by atoms with Crippen LogP contribution in [0.5, 0.6) is 5.75 Å². The summed E-state index contributed by atoms with van der Waals surface area (Å²) in [5.41, 5.74) is 1.20. The van der Waals surface area contributed by atoms with Crippen LogP contribution in [0.3, 0.4) is 0 Å². The predicted octanol–water partition coefficient (Wildman–Crippen LogP) is 2.35. The summed E-state index contributed by atoms with van der Waals surface area (Å²) in [6, 6.07) is 8.73. The Morgan fingerprint density at radius 1 is 1.44 bits per heavy atom. The molecule has 2 unspecified atom stereocenters. The van der Waals surface area contributed by atoms with Gasteiger partial charge in [-0.3, -0.25) is 4.90 Å². The highest BCUT2D eigenvalue weighted by molar-refractivity contribution is 5.27. The van der Waals surface area contributed by atoms with E-state index in [4.69, 9.17) is 0 Å². The Bertz CT molecular complexity index is 381. The van der Waals surface area contributed by atoms with Gasteiger partial charge in [0.15, 0.2) is 0 Å². The fourth-order valence-electron chi connectivity index (χ4n) is 2.86. The minimum absolute atomic E-state index is 0.364. The normalized spacial score (nSPS) is 22.9. The Labute approximate surface area is 110 Å². The number of nitrogens with zero attached hydrogens (tertiary/aromatic N) is 1. The van der Waals surface area contributed by atoms with Crippen LogP contribution in [0.25, 0.3) is 0 Å². The van der Waals surface area contributed by atoms with E-state index in [0.717, 1.165) is 13.1 Å². The highest BCUT2D eigenvalue weighted by atomic mass is 16.3. The molecule has 0 aromatic heterocycles. The minimum atomic E-state index is 0.364. The molecular formula is C15H24N2O. The maximum atomic E-state index is 9.53. The molecule has 1 aromatic rings. The number of aromatic hydroxyl groups is 1. The van der Waals surface area contributed by atoms with Gasteiger partial charge < -0.3 is 10.4 Å². The number of likely N-dealkylation sites (N-methyl/N-ethyl adjacent to an activating group) is 1. The molecule has 0 radical (unpaired) electrons. The monoisotopic (exact) mass is 248 g/mol. The van der Waals surface area contributed by atoms with Crippen molar-refractivity contribution in [2.45, 2.75) is 44.8 Å². The minimum Gasteiger partial charge on any atom is -0.508 e. The first-order chi connectivity index (χ1) is 8.70. The van der Waals surface area contributed by atoms with Crippen LogP contribution < -0.4 is 5.32 Å². The number of piperidine rings is 1. The van der Waals surface area contributed by atoms with Crippen molar-refractivity contribution in [1.29, 1.82) is 0 Å². The van der Waals surface area contributed by atoms with E-state index in [9.17, 15) is 5.11 Å². The molecule has 0 spiro atoms. The van der Waals surface area contributed by atoms with Gasteiger partial charge in [-0.25, -0.2) is 0 Å². The molecular weight excluding hydrogens is 224 g/mol. The van der Waals surface area contributed by atoms with Crippen molar-refractivity contribution in [1.82, 2.24) is 10.2 Å². The predicted molar refractivity (Wildman–Crippen MR) is 74.7 cm³/mol. The van der Waals surface area contributed by atoms with Crippen molar-refractivity contribution in [3.8, 4) is 5.75 Å². The van der Waals surface area contributed by atoms with Gasteiger partial charge in [0.2, 0.25) is 0 Å². The first-order valence-electron chi connectivity index (χ1n) is 6.90. The lowest BCUT2D eigenvalue weighted by molar-refractivity contribution is 0.114. The lowest BCUT2D eigenvalue weighted by Gasteiger charge is -2.39. The summed E-state index contributed by atoms with van der Waals surface area (Å²) in [6.07, 6.45) is 3.87. The van der Waals surface area contributed by atoms with Gasteiger partial charge in [-0.2, -0.15) is 0 Å². The molecule has 0 bridgehead atoms. The van der Waals surface area contributed by atoms with Crippen molar-refractivity contribution in [2.75, 3.05) is 13.6 Å². The smallest absolute Gasteiger partial charge is 0.115 e. The highest BCUT2D eigenvalue weighted by Gasteiger charge is 2.26. The number of rotatable bonds is 4. The Balaban J connectivity index is 2.05. The molecule has 2 atom stereocenters. The van der Waals surface area contributed by atoms with E-state index >= 15 is 0 Å². The molecule has 1 aliphatic rings. The Morgan fingerprint density at radius 3 is 3.00 bits per heavy atom. The number of phenols is 1. The molecule has 100 valence electrons. The van der Waals surface area contributed by atoms with Crippen molar-refractivity contribution < 1.29 is 5.11 Å². The second-order valence-electron chi connectivity index (χ2n) is 5.28. The molecule has 2 N–H and O–H groups in total. The molecule has 1 aromatic carbocycles. The second-order valence-corrected chi connectivity index (χ2v) is 5.28. The quantitative estimate of drug-likeness (QED) is 0.858. The number of hydrogen-bond donors (Lipinski definition) is 2. The number of phenolic OH excluding ortho intramolecular Hbond substituents is 1. The molecule has 1 fully saturated rings. The van der Waals surface area contributed by atoms with Crippen LogP contribution in [0.1, 0.15) is 31.7 Å². The van der Waals surface area contributed by atoms with Crippen LogP contribution in [0.2, 0.25) is 0 Å². The van der Waals surface area contributed by atoms with E-state index in [1.165, 1.54) is 24.8 Å². The van der Waals surface area contributed by atoms with Crippen LogP contribution in [-0.2, 0) is 6.54 Å². The molecule has 0 amide bonds. The van der Waals surface area contributed by atoms with Crippen molar-refractivity contribution >= 4 is 0 Å². The topological polar surface area (TPSA) is 35.5 Å². The van der Waals surface area contributed by atoms with E-state index in [0.29, 0.717) is 17.8 Å². The van der Waals surface area contributed by atoms with Gasteiger partial charge in [0.05, 0.1) is 0 Å². The van der Waals surface area contributed by atoms with Crippen LogP contribution in [0.15, 0.2) is 24.3 Å². The van der Waals surface area contributed by atoms with E-state index < -0.39 is 0 Å². The molecule has 3 heteroatoms. The largest absolute Gasteiger partial charge is 0.508 e. The first-order valence-corrected chi connectivity index (χ1v) is 6.90. The third-order valence-electron chi connectivity index (χ3n) is 3.99. The molecule has 18 heavy (non-hydrogen) atoms. The van der Waals surface area contributed by atoms with Gasteiger partial charge in [-0.15, -0.1) is 0 Å². The zero-order valence-electron chi connectivity index (χ0n) is 11.4. The fourth-order valence-corrected chi connectivity index (χ4v) is 2.86. The average Bonchev–Trinajstić information content (AvgIpc) is 2.38. The third kappa shape index (κ3) is 3.24. The molecule has 3 nitrogen and oxygen atoms in total. The summed E-state index contributed by atoms with van der Waals surface area (Å²) in [7, 11) is 2.03. The van der Waals surface area contributed by atoms with Crippen LogP contribution in [-0.4, -0.2) is 35.7 Å². The van der Waals surface area contributed by atoms with Crippen molar-refractivity contribution in [2.24, 2.45) is 0 Å². The number of hydrogen-bond acceptors (Lipinski definition) is 3. The van der Waals surface area contributed by atoms with Crippen LogP contribution in [0.4, 0.5) is 0 Å². The van der Waals surface area contributed by atoms with Crippen molar-refractivity contribution in [3.63, 3.8) is 0 Å². The van der Waals surface area contributed by atoms with Crippen molar-refractivity contribution in [3.05, 3.63) is 29.8 Å². The Hall–Kier alpha value is -1.06. The van der Waals surface area contributed by atoms with Gasteiger partial charge in [0.25, 0.3) is 0 Å². The summed E-state index contributed by atoms with van der Waals surface area (Å²) < 4.78 is 0. The van der Waals surface area contributed by atoms with Gasteiger partial charge >= 0.3 is 0 Å².